The van der Waals surface area contributed by atoms with Gasteiger partial charge in [-0.3, -0.25) is 9.69 Å². The van der Waals surface area contributed by atoms with E-state index < -0.39 is 0 Å². The van der Waals surface area contributed by atoms with Crippen molar-refractivity contribution in [2.45, 2.75) is 13.8 Å². The Morgan fingerprint density at radius 2 is 2.05 bits per heavy atom. The van der Waals surface area contributed by atoms with Crippen molar-refractivity contribution >= 4 is 46.0 Å². The molecule has 3 rings (SSSR count). The Labute approximate surface area is 132 Å². The van der Waals surface area contributed by atoms with Crippen LogP contribution in [0.15, 0.2) is 45.9 Å². The van der Waals surface area contributed by atoms with Crippen LogP contribution in [-0.4, -0.2) is 10.2 Å². The molecule has 0 saturated carbocycles. The molecule has 1 aromatic heterocycles. The molecule has 0 N–H and O–H groups in total. The number of hydrogen-bond acceptors (Lipinski definition) is 4. The van der Waals surface area contributed by atoms with E-state index in [4.69, 9.17) is 16.6 Å². The average Bonchev–Trinajstić information content (AvgIpc) is 3.04. The van der Waals surface area contributed by atoms with Gasteiger partial charge in [-0.15, -0.1) is 0 Å². The van der Waals surface area contributed by atoms with E-state index in [0.29, 0.717) is 15.0 Å². The van der Waals surface area contributed by atoms with Crippen LogP contribution in [0.4, 0.5) is 5.69 Å². The highest BCUT2D eigenvalue weighted by Crippen LogP contribution is 2.37. The van der Waals surface area contributed by atoms with Crippen molar-refractivity contribution < 1.29 is 9.21 Å². The minimum atomic E-state index is -0.102. The van der Waals surface area contributed by atoms with Crippen LogP contribution in [0.25, 0.3) is 6.08 Å². The van der Waals surface area contributed by atoms with E-state index in [1.807, 2.05) is 38.1 Å². The van der Waals surface area contributed by atoms with Gasteiger partial charge >= 0.3 is 0 Å². The van der Waals surface area contributed by atoms with Gasteiger partial charge in [-0.2, -0.15) is 0 Å². The summed E-state index contributed by atoms with van der Waals surface area (Å²) in [5, 5.41) is 0. The number of benzene rings is 1. The van der Waals surface area contributed by atoms with E-state index >= 15 is 0 Å². The van der Waals surface area contributed by atoms with Crippen molar-refractivity contribution in [3.05, 3.63) is 58.4 Å². The maximum Gasteiger partial charge on any atom is 0.270 e. The lowest BCUT2D eigenvalue weighted by molar-refractivity contribution is -0.113. The first-order valence-electron chi connectivity index (χ1n) is 6.45. The molecule has 5 heteroatoms. The lowest BCUT2D eigenvalue weighted by Crippen LogP contribution is -2.28. The van der Waals surface area contributed by atoms with Gasteiger partial charge in [0.1, 0.15) is 5.76 Å². The van der Waals surface area contributed by atoms with Crippen molar-refractivity contribution in [2.75, 3.05) is 4.90 Å². The number of hydrogen-bond donors (Lipinski definition) is 0. The molecule has 1 amide bonds. The molecule has 1 aliphatic heterocycles. The van der Waals surface area contributed by atoms with Gasteiger partial charge in [0.25, 0.3) is 5.91 Å². The molecular weight excluding hydrogens is 302 g/mol. The summed E-state index contributed by atoms with van der Waals surface area (Å²) in [4.78, 5) is 14.8. The van der Waals surface area contributed by atoms with E-state index in [1.54, 1.807) is 23.3 Å². The first-order valence-corrected chi connectivity index (χ1v) is 7.68. The highest BCUT2D eigenvalue weighted by molar-refractivity contribution is 8.27. The Balaban J connectivity index is 2.00. The number of amides is 1. The molecule has 0 bridgehead atoms. The summed E-state index contributed by atoms with van der Waals surface area (Å²) in [5.41, 5.74) is 3.05. The zero-order valence-electron chi connectivity index (χ0n) is 11.6. The summed E-state index contributed by atoms with van der Waals surface area (Å²) < 4.78 is 5.81. The van der Waals surface area contributed by atoms with Gasteiger partial charge < -0.3 is 4.42 Å². The number of thiocarbonyl (C=S) groups is 1. The highest BCUT2D eigenvalue weighted by Gasteiger charge is 2.34. The minimum Gasteiger partial charge on any atom is -0.465 e. The third-order valence-electron chi connectivity index (χ3n) is 3.43. The molecule has 2 heterocycles. The summed E-state index contributed by atoms with van der Waals surface area (Å²) in [6, 6.07) is 9.48. The van der Waals surface area contributed by atoms with E-state index in [9.17, 15) is 4.79 Å². The Morgan fingerprint density at radius 3 is 2.76 bits per heavy atom. The van der Waals surface area contributed by atoms with Gasteiger partial charge in [0, 0.05) is 6.08 Å². The number of rotatable bonds is 2. The largest absolute Gasteiger partial charge is 0.465 e. The molecule has 1 saturated heterocycles. The fraction of sp³-hybridized carbons (Fsp3) is 0.125. The number of nitrogens with zero attached hydrogens (tertiary/aromatic N) is 1. The molecule has 0 atom stereocenters. The second-order valence-electron chi connectivity index (χ2n) is 4.75. The molecule has 1 aliphatic rings. The fourth-order valence-electron chi connectivity index (χ4n) is 2.16. The number of thioether (sulfide) groups is 1. The van der Waals surface area contributed by atoms with Crippen LogP contribution in [-0.2, 0) is 4.79 Å². The van der Waals surface area contributed by atoms with E-state index in [-0.39, 0.29) is 5.91 Å². The number of aryl methyl sites for hydroxylation is 1. The SMILES string of the molecule is Cc1cccc(N2C(=O)/C(=C/c3ccco3)SC2=S)c1C. The molecule has 0 spiro atoms. The van der Waals surface area contributed by atoms with Crippen LogP contribution >= 0.6 is 24.0 Å². The zero-order chi connectivity index (χ0) is 15.0. The Bertz CT molecular complexity index is 748. The summed E-state index contributed by atoms with van der Waals surface area (Å²) in [7, 11) is 0. The monoisotopic (exact) mass is 315 g/mol. The van der Waals surface area contributed by atoms with E-state index in [2.05, 4.69) is 0 Å². The van der Waals surface area contributed by atoms with Crippen LogP contribution in [0.2, 0.25) is 0 Å². The first kappa shape index (κ1) is 14.1. The quantitative estimate of drug-likeness (QED) is 0.611. The standard InChI is InChI=1S/C16H13NO2S2/c1-10-5-3-7-13(11(10)2)17-15(18)14(21-16(17)20)9-12-6-4-8-19-12/h3-9H,1-2H3/b14-9-. The number of furan rings is 1. The second kappa shape index (κ2) is 5.50. The normalized spacial score (nSPS) is 17.0. The molecule has 0 aliphatic carbocycles. The van der Waals surface area contributed by atoms with E-state index in [1.165, 1.54) is 11.8 Å². The molecular formula is C16H13NO2S2. The molecule has 0 radical (unpaired) electrons. The Hall–Kier alpha value is -1.85. The van der Waals surface area contributed by atoms with Crippen LogP contribution in [0.1, 0.15) is 16.9 Å². The summed E-state index contributed by atoms with van der Waals surface area (Å²) in [6.45, 7) is 4.02. The smallest absolute Gasteiger partial charge is 0.270 e. The predicted octanol–water partition coefficient (Wildman–Crippen LogP) is 4.30. The van der Waals surface area contributed by atoms with Gasteiger partial charge in [0.05, 0.1) is 16.9 Å². The van der Waals surface area contributed by atoms with Gasteiger partial charge in [-0.25, -0.2) is 0 Å². The Morgan fingerprint density at radius 1 is 1.24 bits per heavy atom. The lowest BCUT2D eigenvalue weighted by Gasteiger charge is -2.18. The van der Waals surface area contributed by atoms with Crippen LogP contribution in [0.3, 0.4) is 0 Å². The van der Waals surface area contributed by atoms with Crippen LogP contribution in [0, 0.1) is 13.8 Å². The summed E-state index contributed by atoms with van der Waals surface area (Å²) in [5.74, 6) is 0.548. The van der Waals surface area contributed by atoms with Crippen LogP contribution in [0.5, 0.6) is 0 Å². The maximum atomic E-state index is 12.6. The van der Waals surface area contributed by atoms with Crippen molar-refractivity contribution in [1.82, 2.24) is 0 Å². The van der Waals surface area contributed by atoms with Crippen LogP contribution < -0.4 is 4.90 Å². The number of carbonyl (C=O) groups excluding carboxylic acids is 1. The van der Waals surface area contributed by atoms with Crippen molar-refractivity contribution in [1.29, 1.82) is 0 Å². The Kier molecular flexibility index (Phi) is 3.69. The molecule has 21 heavy (non-hydrogen) atoms. The third kappa shape index (κ3) is 2.54. The fourth-order valence-corrected chi connectivity index (χ4v) is 3.42. The maximum absolute atomic E-state index is 12.6. The average molecular weight is 315 g/mol. The van der Waals surface area contributed by atoms with E-state index in [0.717, 1.165) is 16.8 Å². The molecule has 106 valence electrons. The molecule has 1 fully saturated rings. The van der Waals surface area contributed by atoms with Crippen molar-refractivity contribution in [3.63, 3.8) is 0 Å². The molecule has 3 nitrogen and oxygen atoms in total. The lowest BCUT2D eigenvalue weighted by atomic mass is 10.1. The number of anilines is 1. The summed E-state index contributed by atoms with van der Waals surface area (Å²) >= 11 is 6.67. The molecule has 2 aromatic rings. The molecule has 0 unspecified atom stereocenters. The second-order valence-corrected chi connectivity index (χ2v) is 6.43. The van der Waals surface area contributed by atoms with Gasteiger partial charge in [0.15, 0.2) is 4.32 Å². The van der Waals surface area contributed by atoms with Crippen molar-refractivity contribution in [3.8, 4) is 0 Å². The first-order chi connectivity index (χ1) is 10.1. The third-order valence-corrected chi connectivity index (χ3v) is 4.73. The number of carbonyl (C=O) groups is 1. The van der Waals surface area contributed by atoms with Crippen molar-refractivity contribution in [2.24, 2.45) is 0 Å². The van der Waals surface area contributed by atoms with Gasteiger partial charge in [0.2, 0.25) is 0 Å². The minimum absolute atomic E-state index is 0.102. The topological polar surface area (TPSA) is 33.5 Å². The van der Waals surface area contributed by atoms with Gasteiger partial charge in [-0.05, 0) is 43.2 Å². The zero-order valence-corrected chi connectivity index (χ0v) is 13.3. The highest BCUT2D eigenvalue weighted by atomic mass is 32.2. The molecule has 1 aromatic carbocycles. The van der Waals surface area contributed by atoms with Gasteiger partial charge in [-0.1, -0.05) is 36.1 Å². The predicted molar refractivity (Wildman–Crippen MR) is 90.3 cm³/mol. The summed E-state index contributed by atoms with van der Waals surface area (Å²) in [6.07, 6.45) is 3.31.